The molecular weight excluding hydrogens is 318 g/mol. The Bertz CT molecular complexity index is 731. The number of rotatable bonds is 5. The minimum atomic E-state index is -0.288. The summed E-state index contributed by atoms with van der Waals surface area (Å²) in [6.07, 6.45) is 5.07. The number of hydrogen-bond donors (Lipinski definition) is 2. The van der Waals surface area contributed by atoms with Crippen molar-refractivity contribution in [3.05, 3.63) is 47.9 Å². The fraction of sp³-hybridized carbons (Fsp3) is 0.368. The van der Waals surface area contributed by atoms with Crippen molar-refractivity contribution in [2.24, 2.45) is 0 Å². The van der Waals surface area contributed by atoms with Crippen molar-refractivity contribution < 1.29 is 14.0 Å². The molecule has 2 heterocycles. The number of hydrogen-bond acceptors (Lipinski definition) is 4. The van der Waals surface area contributed by atoms with Gasteiger partial charge >= 0.3 is 0 Å². The van der Waals surface area contributed by atoms with Crippen LogP contribution in [0.4, 0.5) is 11.4 Å². The molecule has 0 aliphatic carbocycles. The molecule has 2 N–H and O–H groups in total. The zero-order valence-electron chi connectivity index (χ0n) is 14.4. The summed E-state index contributed by atoms with van der Waals surface area (Å²) in [5.41, 5.74) is 2.16. The third kappa shape index (κ3) is 4.70. The topological polar surface area (TPSA) is 74.6 Å². The van der Waals surface area contributed by atoms with Crippen LogP contribution in [0.25, 0.3) is 0 Å². The third-order valence-corrected chi connectivity index (χ3v) is 4.31. The number of anilines is 2. The molecule has 1 saturated heterocycles. The van der Waals surface area contributed by atoms with Gasteiger partial charge in [0.05, 0.1) is 12.8 Å². The summed E-state index contributed by atoms with van der Waals surface area (Å²) in [4.78, 5) is 26.4. The molecule has 2 aromatic rings. The second kappa shape index (κ2) is 7.98. The number of furan rings is 1. The Morgan fingerprint density at radius 2 is 1.64 bits per heavy atom. The molecule has 0 bridgehead atoms. The highest BCUT2D eigenvalue weighted by Gasteiger charge is 2.14. The lowest BCUT2D eigenvalue weighted by Gasteiger charge is -2.25. The summed E-state index contributed by atoms with van der Waals surface area (Å²) < 4.78 is 5.17. The molecule has 132 valence electrons. The quantitative estimate of drug-likeness (QED) is 0.875. The molecule has 3 rings (SSSR count). The van der Waals surface area contributed by atoms with Crippen molar-refractivity contribution in [2.75, 3.05) is 30.3 Å². The first kappa shape index (κ1) is 17.2. The van der Waals surface area contributed by atoms with E-state index in [1.165, 1.54) is 12.7 Å². The van der Waals surface area contributed by atoms with E-state index in [-0.39, 0.29) is 11.8 Å². The predicted octanol–water partition coefficient (Wildman–Crippen LogP) is 3.26. The number of nitrogens with one attached hydrogen (secondary N) is 2. The average Bonchev–Trinajstić information content (AvgIpc) is 3.03. The van der Waals surface area contributed by atoms with Gasteiger partial charge in [-0.2, -0.15) is 0 Å². The molecular formula is C19H23N3O3. The van der Waals surface area contributed by atoms with Gasteiger partial charge < -0.3 is 15.1 Å². The number of nitrogens with zero attached hydrogens (tertiary/aromatic N) is 1. The Labute approximate surface area is 147 Å². The van der Waals surface area contributed by atoms with Crippen LogP contribution in [0.15, 0.2) is 41.0 Å². The summed E-state index contributed by atoms with van der Waals surface area (Å²) >= 11 is 0. The fourth-order valence-electron chi connectivity index (χ4n) is 2.95. The van der Waals surface area contributed by atoms with Crippen LogP contribution in [0.2, 0.25) is 0 Å². The van der Waals surface area contributed by atoms with Crippen LogP contribution in [0.5, 0.6) is 0 Å². The van der Waals surface area contributed by atoms with Crippen LogP contribution in [0.1, 0.15) is 35.4 Å². The van der Waals surface area contributed by atoms with Crippen LogP contribution in [0.3, 0.4) is 0 Å². The average molecular weight is 341 g/mol. The number of benzene rings is 1. The Hall–Kier alpha value is -2.60. The highest BCUT2D eigenvalue weighted by atomic mass is 16.3. The van der Waals surface area contributed by atoms with E-state index in [9.17, 15) is 9.59 Å². The second-order valence-electron chi connectivity index (χ2n) is 6.35. The molecule has 1 aromatic heterocycles. The minimum absolute atomic E-state index is 0.00936. The highest BCUT2D eigenvalue weighted by Crippen LogP contribution is 2.16. The summed E-state index contributed by atoms with van der Waals surface area (Å²) in [6.45, 7) is 4.23. The van der Waals surface area contributed by atoms with Crippen molar-refractivity contribution in [1.29, 1.82) is 0 Å². The van der Waals surface area contributed by atoms with Gasteiger partial charge in [0.1, 0.15) is 0 Å². The largest absolute Gasteiger partial charge is 0.459 e. The maximum Gasteiger partial charge on any atom is 0.291 e. The van der Waals surface area contributed by atoms with Gasteiger partial charge in [0.15, 0.2) is 5.76 Å². The van der Waals surface area contributed by atoms with E-state index >= 15 is 0 Å². The predicted molar refractivity (Wildman–Crippen MR) is 96.8 cm³/mol. The number of likely N-dealkylation sites (tertiary alicyclic amines) is 1. The molecule has 1 aromatic carbocycles. The van der Waals surface area contributed by atoms with Gasteiger partial charge in [-0.3, -0.25) is 14.5 Å². The zero-order chi connectivity index (χ0) is 17.6. The van der Waals surface area contributed by atoms with Crippen LogP contribution in [0, 0.1) is 6.92 Å². The molecule has 0 saturated carbocycles. The lowest BCUT2D eigenvalue weighted by Crippen LogP contribution is -2.36. The number of carbonyl (C=O) groups excluding carboxylic acids is 2. The van der Waals surface area contributed by atoms with Gasteiger partial charge in [0, 0.05) is 16.9 Å². The third-order valence-electron chi connectivity index (χ3n) is 4.31. The normalized spacial score (nSPS) is 14.9. The zero-order valence-corrected chi connectivity index (χ0v) is 14.4. The van der Waals surface area contributed by atoms with Gasteiger partial charge in [0.2, 0.25) is 5.91 Å². The lowest BCUT2D eigenvalue weighted by molar-refractivity contribution is -0.117. The van der Waals surface area contributed by atoms with Crippen LogP contribution in [-0.2, 0) is 4.79 Å². The van der Waals surface area contributed by atoms with Crippen molar-refractivity contribution in [2.45, 2.75) is 26.2 Å². The van der Waals surface area contributed by atoms with Crippen LogP contribution >= 0.6 is 0 Å². The number of aryl methyl sites for hydroxylation is 1. The number of amides is 2. The SMILES string of the molecule is Cc1ccoc1C(=O)Nc1ccc(NC(=O)CN2CCCCC2)cc1. The first-order chi connectivity index (χ1) is 12.1. The van der Waals surface area contributed by atoms with E-state index in [2.05, 4.69) is 15.5 Å². The first-order valence-electron chi connectivity index (χ1n) is 8.59. The van der Waals surface area contributed by atoms with Crippen LogP contribution in [-0.4, -0.2) is 36.3 Å². The lowest BCUT2D eigenvalue weighted by atomic mass is 10.1. The van der Waals surface area contributed by atoms with Gasteiger partial charge in [-0.05, 0) is 63.2 Å². The number of carbonyl (C=O) groups is 2. The molecule has 25 heavy (non-hydrogen) atoms. The molecule has 1 aliphatic heterocycles. The van der Waals surface area contributed by atoms with E-state index in [1.807, 2.05) is 6.92 Å². The maximum absolute atomic E-state index is 12.1. The summed E-state index contributed by atoms with van der Waals surface area (Å²) in [6, 6.07) is 8.81. The Morgan fingerprint density at radius 3 is 2.24 bits per heavy atom. The van der Waals surface area contributed by atoms with Gasteiger partial charge in [-0.1, -0.05) is 6.42 Å². The molecule has 0 atom stereocenters. The molecule has 0 unspecified atom stereocenters. The second-order valence-corrected chi connectivity index (χ2v) is 6.35. The summed E-state index contributed by atoms with van der Waals surface area (Å²) in [5, 5.41) is 5.67. The smallest absolute Gasteiger partial charge is 0.291 e. The Morgan fingerprint density at radius 1 is 1.00 bits per heavy atom. The minimum Gasteiger partial charge on any atom is -0.459 e. The van der Waals surface area contributed by atoms with E-state index in [1.54, 1.807) is 30.3 Å². The monoisotopic (exact) mass is 341 g/mol. The highest BCUT2D eigenvalue weighted by molar-refractivity contribution is 6.03. The Balaban J connectivity index is 1.52. The van der Waals surface area contributed by atoms with E-state index in [0.29, 0.717) is 23.7 Å². The molecule has 1 aliphatic rings. The number of piperidine rings is 1. The van der Waals surface area contributed by atoms with Crippen LogP contribution < -0.4 is 10.6 Å². The molecule has 1 fully saturated rings. The van der Waals surface area contributed by atoms with Crippen molar-refractivity contribution in [3.8, 4) is 0 Å². The molecule has 6 heteroatoms. The molecule has 0 spiro atoms. The van der Waals surface area contributed by atoms with Gasteiger partial charge in [0.25, 0.3) is 5.91 Å². The summed E-state index contributed by atoms with van der Waals surface area (Å²) in [7, 11) is 0. The fourth-order valence-corrected chi connectivity index (χ4v) is 2.95. The Kier molecular flexibility index (Phi) is 5.50. The van der Waals surface area contributed by atoms with E-state index < -0.39 is 0 Å². The summed E-state index contributed by atoms with van der Waals surface area (Å²) in [5.74, 6) is 0.00758. The molecule has 2 amide bonds. The standard InChI is InChI=1S/C19H23N3O3/c1-14-9-12-25-18(14)19(24)21-16-7-5-15(6-8-16)20-17(23)13-22-10-3-2-4-11-22/h5-9,12H,2-4,10-11,13H2,1H3,(H,20,23)(H,21,24). The van der Waals surface area contributed by atoms with E-state index in [0.717, 1.165) is 31.5 Å². The maximum atomic E-state index is 12.1. The van der Waals surface area contributed by atoms with Gasteiger partial charge in [-0.25, -0.2) is 0 Å². The molecule has 6 nitrogen and oxygen atoms in total. The van der Waals surface area contributed by atoms with E-state index in [4.69, 9.17) is 4.42 Å². The van der Waals surface area contributed by atoms with Crippen molar-refractivity contribution in [3.63, 3.8) is 0 Å². The van der Waals surface area contributed by atoms with Gasteiger partial charge in [-0.15, -0.1) is 0 Å². The van der Waals surface area contributed by atoms with Crippen molar-refractivity contribution >= 4 is 23.2 Å². The molecule has 0 radical (unpaired) electrons. The first-order valence-corrected chi connectivity index (χ1v) is 8.59. The van der Waals surface area contributed by atoms with Crippen molar-refractivity contribution in [1.82, 2.24) is 4.90 Å².